The lowest BCUT2D eigenvalue weighted by Crippen LogP contribution is -2.23. The molecule has 0 N–H and O–H groups in total. The number of anilines is 5. The molecule has 2 unspecified atom stereocenters. The molecule has 0 spiro atoms. The van der Waals surface area contributed by atoms with Gasteiger partial charge in [0.05, 0.1) is 0 Å². The smallest absolute Gasteiger partial charge is 0.0462 e. The molecular formula is C69H56N2S2. The molecule has 0 saturated carbocycles. The Kier molecular flexibility index (Phi) is 12.4. The van der Waals surface area contributed by atoms with E-state index in [1.54, 1.807) is 0 Å². The summed E-state index contributed by atoms with van der Waals surface area (Å²) in [6, 6.07) is 75.0. The molecule has 0 saturated heterocycles. The number of nitrogens with zero attached hydrogens (tertiary/aromatic N) is 2. The minimum Gasteiger partial charge on any atom is -0.314 e. The van der Waals surface area contributed by atoms with Crippen molar-refractivity contribution in [2.24, 2.45) is 5.92 Å². The van der Waals surface area contributed by atoms with Gasteiger partial charge in [-0.1, -0.05) is 140 Å². The Labute approximate surface area is 437 Å². The van der Waals surface area contributed by atoms with Gasteiger partial charge < -0.3 is 9.80 Å². The fourth-order valence-electron chi connectivity index (χ4n) is 11.7. The first-order valence-corrected chi connectivity index (χ1v) is 27.7. The van der Waals surface area contributed by atoms with Crippen LogP contribution in [0.1, 0.15) is 73.1 Å². The van der Waals surface area contributed by atoms with E-state index in [1.165, 1.54) is 91.5 Å². The molecule has 73 heavy (non-hydrogen) atoms. The third kappa shape index (κ3) is 8.90. The zero-order valence-electron chi connectivity index (χ0n) is 40.9. The van der Waals surface area contributed by atoms with Gasteiger partial charge >= 0.3 is 0 Å². The molecule has 0 bridgehead atoms. The van der Waals surface area contributed by atoms with Crippen LogP contribution in [0.25, 0.3) is 48.4 Å². The van der Waals surface area contributed by atoms with E-state index in [-0.39, 0.29) is 5.92 Å². The third-order valence-electron chi connectivity index (χ3n) is 15.2. The van der Waals surface area contributed by atoms with E-state index < -0.39 is 0 Å². The lowest BCUT2D eigenvalue weighted by molar-refractivity contribution is 0.493. The van der Waals surface area contributed by atoms with Crippen LogP contribution in [0, 0.1) is 5.92 Å². The van der Waals surface area contributed by atoms with Crippen LogP contribution in [0.2, 0.25) is 0 Å². The summed E-state index contributed by atoms with van der Waals surface area (Å²) in [7, 11) is 0. The molecule has 13 rings (SSSR count). The zero-order chi connectivity index (χ0) is 48.5. The Morgan fingerprint density at radius 1 is 0.452 bits per heavy atom. The van der Waals surface area contributed by atoms with Gasteiger partial charge in [-0.05, 0) is 209 Å². The lowest BCUT2D eigenvalue weighted by atomic mass is 9.66. The van der Waals surface area contributed by atoms with Gasteiger partial charge in [0.1, 0.15) is 0 Å². The minimum absolute atomic E-state index is 0.203. The van der Waals surface area contributed by atoms with Crippen molar-refractivity contribution in [3.05, 3.63) is 275 Å². The number of para-hydroxylation sites is 3. The van der Waals surface area contributed by atoms with Crippen LogP contribution in [0.3, 0.4) is 0 Å². The first-order valence-electron chi connectivity index (χ1n) is 26.1. The van der Waals surface area contributed by atoms with Crippen LogP contribution in [-0.4, -0.2) is 0 Å². The Bertz CT molecular complexity index is 3660. The second-order valence-corrected chi connectivity index (χ2v) is 21.8. The first kappa shape index (κ1) is 45.1. The normalized spacial score (nSPS) is 16.8. The number of thiophene rings is 2. The van der Waals surface area contributed by atoms with E-state index in [0.29, 0.717) is 5.92 Å². The van der Waals surface area contributed by atoms with Crippen LogP contribution < -0.4 is 20.2 Å². The molecule has 2 aromatic heterocycles. The largest absolute Gasteiger partial charge is 0.314 e. The molecule has 4 aliphatic carbocycles. The number of rotatable bonds is 11. The first-order chi connectivity index (χ1) is 36.2. The quantitative estimate of drug-likeness (QED) is 0.127. The van der Waals surface area contributed by atoms with Crippen molar-refractivity contribution in [1.82, 2.24) is 0 Å². The number of benzene rings is 7. The van der Waals surface area contributed by atoms with Crippen molar-refractivity contribution in [2.45, 2.75) is 50.9 Å². The fourth-order valence-corrected chi connectivity index (χ4v) is 13.8. The van der Waals surface area contributed by atoms with Gasteiger partial charge in [-0.2, -0.15) is 0 Å². The number of fused-ring (bicyclic) bond motifs is 3. The van der Waals surface area contributed by atoms with Crippen LogP contribution in [0.15, 0.2) is 242 Å². The monoisotopic (exact) mass is 976 g/mol. The van der Waals surface area contributed by atoms with Crippen molar-refractivity contribution >= 4 is 68.8 Å². The van der Waals surface area contributed by atoms with Gasteiger partial charge in [-0.15, -0.1) is 22.7 Å². The summed E-state index contributed by atoms with van der Waals surface area (Å²) >= 11 is 3.80. The van der Waals surface area contributed by atoms with Gasteiger partial charge in [-0.25, -0.2) is 0 Å². The van der Waals surface area contributed by atoms with Crippen molar-refractivity contribution < 1.29 is 0 Å². The lowest BCUT2D eigenvalue weighted by Gasteiger charge is -2.37. The molecule has 7 aromatic carbocycles. The second-order valence-electron chi connectivity index (χ2n) is 19.7. The molecule has 0 radical (unpaired) electrons. The van der Waals surface area contributed by atoms with Crippen molar-refractivity contribution in [1.29, 1.82) is 0 Å². The average molecular weight is 977 g/mol. The van der Waals surface area contributed by atoms with E-state index in [0.717, 1.165) is 62.0 Å². The van der Waals surface area contributed by atoms with Gasteiger partial charge in [0.2, 0.25) is 0 Å². The minimum atomic E-state index is 0.203. The summed E-state index contributed by atoms with van der Waals surface area (Å²) in [5, 5.41) is 2.70. The summed E-state index contributed by atoms with van der Waals surface area (Å²) in [5.74, 6) is 0.527. The molecule has 4 heteroatoms. The SMILES string of the molecule is C1=CCCCC(N(c2ccccc2)c2ccc(C3c4ccc(-c5ccc(-c6ccc(-c7ccc8c(c7)=CCC=8)s6)s5)cc4C(c4ccc(N(c5ccccc5)c5ccccc5)cc4)=C4C=CCCCC43)cc2)=C1. The number of hydrogen-bond donors (Lipinski definition) is 0. The van der Waals surface area contributed by atoms with Crippen LogP contribution in [-0.2, 0) is 0 Å². The highest BCUT2D eigenvalue weighted by atomic mass is 32.1. The van der Waals surface area contributed by atoms with Crippen LogP contribution in [0.5, 0.6) is 0 Å². The Morgan fingerprint density at radius 2 is 1.01 bits per heavy atom. The highest BCUT2D eigenvalue weighted by Crippen LogP contribution is 2.53. The molecule has 2 heterocycles. The molecule has 0 fully saturated rings. The molecule has 2 nitrogen and oxygen atoms in total. The Hall–Kier alpha value is -7.76. The van der Waals surface area contributed by atoms with Gasteiger partial charge in [0, 0.05) is 59.6 Å². The second kappa shape index (κ2) is 20.0. The maximum atomic E-state index is 2.53. The average Bonchev–Trinajstić information content (AvgIpc) is 4.17. The molecule has 9 aromatic rings. The van der Waals surface area contributed by atoms with E-state index in [2.05, 4.69) is 253 Å². The molecule has 0 aliphatic heterocycles. The predicted octanol–water partition coefficient (Wildman–Crippen LogP) is 18.3. The summed E-state index contributed by atoms with van der Waals surface area (Å²) in [4.78, 5) is 10.1. The van der Waals surface area contributed by atoms with Crippen molar-refractivity contribution in [3.63, 3.8) is 0 Å². The van der Waals surface area contributed by atoms with Crippen LogP contribution in [0.4, 0.5) is 28.4 Å². The predicted molar refractivity (Wildman–Crippen MR) is 313 cm³/mol. The molecule has 354 valence electrons. The van der Waals surface area contributed by atoms with E-state index in [1.807, 2.05) is 22.7 Å². The third-order valence-corrected chi connectivity index (χ3v) is 17.7. The number of allylic oxidation sites excluding steroid dienone is 7. The maximum Gasteiger partial charge on any atom is 0.0462 e. The van der Waals surface area contributed by atoms with Crippen molar-refractivity contribution in [2.75, 3.05) is 9.80 Å². The summed E-state index contributed by atoms with van der Waals surface area (Å²) in [5.41, 5.74) is 17.9. The summed E-state index contributed by atoms with van der Waals surface area (Å²) in [6.45, 7) is 0. The standard InChI is InChI=1S/C69H56N2S2/c1-2-8-21-54(20-7-1)70(55-22-9-3-10-23-55)58-37-32-49(33-38-58)68-60-28-15-6-16-29-61(60)69(50-34-39-59(40-35-50)71(56-24-11-4-12-25-56)57-26-13-5-14-27-57)63-47-53(36-41-62(63)68)65-43-45-67(73-65)66-44-42-64(72-66)52-31-30-48-18-17-19-51(48)46-52/h1,3-5,7,9-14,16,18-20,22-27,29-47,60,68H,2,6,8,15,17,21,28H2. The Balaban J connectivity index is 0.919. The van der Waals surface area contributed by atoms with Crippen molar-refractivity contribution in [3.8, 4) is 30.6 Å². The van der Waals surface area contributed by atoms with Gasteiger partial charge in [0.25, 0.3) is 0 Å². The number of hydrogen-bond acceptors (Lipinski definition) is 4. The van der Waals surface area contributed by atoms with Gasteiger partial charge in [-0.3, -0.25) is 0 Å². The van der Waals surface area contributed by atoms with E-state index in [4.69, 9.17) is 0 Å². The summed E-state index contributed by atoms with van der Waals surface area (Å²) in [6.07, 6.45) is 24.1. The molecule has 2 atom stereocenters. The van der Waals surface area contributed by atoms with E-state index >= 15 is 0 Å². The van der Waals surface area contributed by atoms with Crippen LogP contribution >= 0.6 is 22.7 Å². The zero-order valence-corrected chi connectivity index (χ0v) is 42.5. The molecule has 4 aliphatic rings. The Morgan fingerprint density at radius 3 is 1.71 bits per heavy atom. The molecule has 0 amide bonds. The molecular weight excluding hydrogens is 921 g/mol. The highest BCUT2D eigenvalue weighted by Gasteiger charge is 2.37. The highest BCUT2D eigenvalue weighted by molar-refractivity contribution is 7.25. The fraction of sp³-hybridized carbons (Fsp3) is 0.130. The van der Waals surface area contributed by atoms with E-state index in [9.17, 15) is 0 Å². The maximum absolute atomic E-state index is 2.53. The summed E-state index contributed by atoms with van der Waals surface area (Å²) < 4.78 is 0. The van der Waals surface area contributed by atoms with Gasteiger partial charge in [0.15, 0.2) is 0 Å². The topological polar surface area (TPSA) is 6.48 Å².